The zero-order valence-electron chi connectivity index (χ0n) is 8.18. The van der Waals surface area contributed by atoms with Gasteiger partial charge in [-0.05, 0) is 27.3 Å². The second-order valence-corrected chi connectivity index (χ2v) is 2.86. The molecule has 0 fully saturated rings. The van der Waals surface area contributed by atoms with Gasteiger partial charge < -0.3 is 10.1 Å². The van der Waals surface area contributed by atoms with Crippen molar-refractivity contribution in [3.63, 3.8) is 0 Å². The summed E-state index contributed by atoms with van der Waals surface area (Å²) in [6.07, 6.45) is 2.72. The summed E-state index contributed by atoms with van der Waals surface area (Å²) in [6, 6.07) is 0.467. The third-order valence-electron chi connectivity index (χ3n) is 1.97. The third-order valence-corrected chi connectivity index (χ3v) is 1.97. The van der Waals surface area contributed by atoms with Gasteiger partial charge in [0, 0.05) is 12.6 Å². The van der Waals surface area contributed by atoms with Gasteiger partial charge in [-0.15, -0.1) is 0 Å². The maximum absolute atomic E-state index is 5.57. The Balaban J connectivity index is 3.66. The van der Waals surface area contributed by atoms with Crippen LogP contribution in [0.2, 0.25) is 0 Å². The van der Waals surface area contributed by atoms with E-state index in [2.05, 4.69) is 19.2 Å². The fourth-order valence-corrected chi connectivity index (χ4v) is 1.16. The van der Waals surface area contributed by atoms with Crippen molar-refractivity contribution in [1.29, 1.82) is 0 Å². The zero-order valence-corrected chi connectivity index (χ0v) is 8.18. The SMILES string of the molecule is CCCC(OCC)C(C)NC. The molecule has 0 heterocycles. The van der Waals surface area contributed by atoms with Crippen LogP contribution in [0.4, 0.5) is 0 Å². The summed E-state index contributed by atoms with van der Waals surface area (Å²) in [5.41, 5.74) is 0. The monoisotopic (exact) mass is 159 g/mol. The molecular formula is C9H21NO. The van der Waals surface area contributed by atoms with Crippen molar-refractivity contribution >= 4 is 0 Å². The Morgan fingerprint density at radius 1 is 1.36 bits per heavy atom. The highest BCUT2D eigenvalue weighted by Crippen LogP contribution is 2.06. The van der Waals surface area contributed by atoms with Gasteiger partial charge in [-0.3, -0.25) is 0 Å². The van der Waals surface area contributed by atoms with Crippen LogP contribution in [0.3, 0.4) is 0 Å². The number of likely N-dealkylation sites (N-methyl/N-ethyl adjacent to an activating group) is 1. The molecule has 1 N–H and O–H groups in total. The maximum atomic E-state index is 5.57. The molecule has 0 aliphatic carbocycles. The van der Waals surface area contributed by atoms with E-state index < -0.39 is 0 Å². The Labute approximate surface area is 70.3 Å². The molecule has 0 aliphatic heterocycles. The van der Waals surface area contributed by atoms with Gasteiger partial charge in [0.2, 0.25) is 0 Å². The van der Waals surface area contributed by atoms with Crippen molar-refractivity contribution in [2.45, 2.75) is 45.8 Å². The number of ether oxygens (including phenoxy) is 1. The lowest BCUT2D eigenvalue weighted by Gasteiger charge is -2.22. The molecule has 2 unspecified atom stereocenters. The first kappa shape index (κ1) is 10.9. The van der Waals surface area contributed by atoms with Crippen LogP contribution in [0.25, 0.3) is 0 Å². The lowest BCUT2D eigenvalue weighted by molar-refractivity contribution is 0.0346. The molecule has 0 spiro atoms. The third kappa shape index (κ3) is 4.38. The summed E-state index contributed by atoms with van der Waals surface area (Å²) in [7, 11) is 1.98. The van der Waals surface area contributed by atoms with Crippen LogP contribution in [-0.4, -0.2) is 25.8 Å². The lowest BCUT2D eigenvalue weighted by Crippen LogP contribution is -2.36. The second-order valence-electron chi connectivity index (χ2n) is 2.86. The van der Waals surface area contributed by atoms with Gasteiger partial charge in [0.25, 0.3) is 0 Å². The highest BCUT2D eigenvalue weighted by molar-refractivity contribution is 4.70. The summed E-state index contributed by atoms with van der Waals surface area (Å²) < 4.78 is 5.57. The maximum Gasteiger partial charge on any atom is 0.0724 e. The van der Waals surface area contributed by atoms with Gasteiger partial charge in [0.1, 0.15) is 0 Å². The summed E-state index contributed by atoms with van der Waals surface area (Å²) in [5.74, 6) is 0. The molecule has 2 atom stereocenters. The standard InChI is InChI=1S/C9H21NO/c1-5-7-9(11-6-2)8(3)10-4/h8-10H,5-7H2,1-4H3. The second kappa shape index (κ2) is 6.62. The van der Waals surface area contributed by atoms with Crippen LogP contribution >= 0.6 is 0 Å². The molecule has 0 amide bonds. The molecule has 0 aromatic rings. The Hall–Kier alpha value is -0.0800. The zero-order chi connectivity index (χ0) is 8.69. The lowest BCUT2D eigenvalue weighted by atomic mass is 10.1. The predicted molar refractivity (Wildman–Crippen MR) is 48.8 cm³/mol. The van der Waals surface area contributed by atoms with E-state index in [0.29, 0.717) is 12.1 Å². The van der Waals surface area contributed by atoms with Gasteiger partial charge in [-0.2, -0.15) is 0 Å². The molecule has 0 bridgehead atoms. The smallest absolute Gasteiger partial charge is 0.0724 e. The van der Waals surface area contributed by atoms with E-state index in [4.69, 9.17) is 4.74 Å². The number of rotatable bonds is 6. The van der Waals surface area contributed by atoms with Crippen molar-refractivity contribution in [2.75, 3.05) is 13.7 Å². The van der Waals surface area contributed by atoms with Gasteiger partial charge in [0.15, 0.2) is 0 Å². The van der Waals surface area contributed by atoms with Crippen LogP contribution in [0.5, 0.6) is 0 Å². The molecule has 0 aromatic heterocycles. The van der Waals surface area contributed by atoms with E-state index in [9.17, 15) is 0 Å². The average Bonchev–Trinajstić information content (AvgIpc) is 2.03. The quantitative estimate of drug-likeness (QED) is 0.638. The molecule has 68 valence electrons. The number of nitrogens with one attached hydrogen (secondary N) is 1. The van der Waals surface area contributed by atoms with Crippen LogP contribution in [0, 0.1) is 0 Å². The Morgan fingerprint density at radius 3 is 2.36 bits per heavy atom. The minimum absolute atomic E-state index is 0.384. The summed E-state index contributed by atoms with van der Waals surface area (Å²) in [5, 5.41) is 3.21. The summed E-state index contributed by atoms with van der Waals surface area (Å²) >= 11 is 0. The van der Waals surface area contributed by atoms with Crippen LogP contribution in [0.15, 0.2) is 0 Å². The highest BCUT2D eigenvalue weighted by Gasteiger charge is 2.13. The van der Waals surface area contributed by atoms with Gasteiger partial charge >= 0.3 is 0 Å². The van der Waals surface area contributed by atoms with Gasteiger partial charge in [0.05, 0.1) is 6.10 Å². The van der Waals surface area contributed by atoms with Crippen molar-refractivity contribution in [3.05, 3.63) is 0 Å². The molecule has 2 nitrogen and oxygen atoms in total. The van der Waals surface area contributed by atoms with E-state index in [-0.39, 0.29) is 0 Å². The van der Waals surface area contributed by atoms with Gasteiger partial charge in [-0.25, -0.2) is 0 Å². The van der Waals surface area contributed by atoms with Crippen LogP contribution in [0.1, 0.15) is 33.6 Å². The fourth-order valence-electron chi connectivity index (χ4n) is 1.16. The molecule has 11 heavy (non-hydrogen) atoms. The Morgan fingerprint density at radius 2 is 2.00 bits per heavy atom. The predicted octanol–water partition coefficient (Wildman–Crippen LogP) is 1.80. The number of hydrogen-bond acceptors (Lipinski definition) is 2. The first-order valence-electron chi connectivity index (χ1n) is 4.55. The van der Waals surface area contributed by atoms with E-state index in [1.807, 2.05) is 14.0 Å². The first-order valence-corrected chi connectivity index (χ1v) is 4.55. The average molecular weight is 159 g/mol. The normalized spacial score (nSPS) is 16.4. The van der Waals surface area contributed by atoms with Crippen molar-refractivity contribution < 1.29 is 4.74 Å². The molecule has 0 radical (unpaired) electrons. The minimum atomic E-state index is 0.384. The van der Waals surface area contributed by atoms with E-state index in [0.717, 1.165) is 13.0 Å². The van der Waals surface area contributed by atoms with Gasteiger partial charge in [-0.1, -0.05) is 13.3 Å². The number of hydrogen-bond donors (Lipinski definition) is 1. The Kier molecular flexibility index (Phi) is 6.57. The fraction of sp³-hybridized carbons (Fsp3) is 1.00. The highest BCUT2D eigenvalue weighted by atomic mass is 16.5. The molecule has 0 aromatic carbocycles. The molecule has 0 saturated carbocycles. The topological polar surface area (TPSA) is 21.3 Å². The van der Waals surface area contributed by atoms with Crippen LogP contribution in [-0.2, 0) is 4.74 Å². The first-order chi connectivity index (χ1) is 5.26. The van der Waals surface area contributed by atoms with E-state index >= 15 is 0 Å². The molecule has 0 saturated heterocycles. The molecule has 2 heteroatoms. The largest absolute Gasteiger partial charge is 0.377 e. The minimum Gasteiger partial charge on any atom is -0.377 e. The van der Waals surface area contributed by atoms with Crippen LogP contribution < -0.4 is 5.32 Å². The molecule has 0 rings (SSSR count). The molecule has 0 aliphatic rings. The van der Waals surface area contributed by atoms with Crippen molar-refractivity contribution in [3.8, 4) is 0 Å². The van der Waals surface area contributed by atoms with Crippen molar-refractivity contribution in [1.82, 2.24) is 5.32 Å². The summed E-state index contributed by atoms with van der Waals surface area (Å²) in [4.78, 5) is 0. The van der Waals surface area contributed by atoms with E-state index in [1.54, 1.807) is 0 Å². The molecular weight excluding hydrogens is 138 g/mol. The Bertz CT molecular complexity index is 79.6. The van der Waals surface area contributed by atoms with Crippen molar-refractivity contribution in [2.24, 2.45) is 0 Å². The summed E-state index contributed by atoms with van der Waals surface area (Å²) in [6.45, 7) is 7.21. The van der Waals surface area contributed by atoms with E-state index in [1.165, 1.54) is 6.42 Å².